The highest BCUT2D eigenvalue weighted by Crippen LogP contribution is 2.71. The first kappa shape index (κ1) is 16.9. The van der Waals surface area contributed by atoms with Gasteiger partial charge in [-0.25, -0.2) is 0 Å². The van der Waals surface area contributed by atoms with E-state index in [-0.39, 0.29) is 23.4 Å². The highest BCUT2D eigenvalue weighted by molar-refractivity contribution is 5.35. The third-order valence-electron chi connectivity index (χ3n) is 6.80. The van der Waals surface area contributed by atoms with Crippen LogP contribution in [0, 0.1) is 29.1 Å². The average molecular weight is 318 g/mol. The minimum absolute atomic E-state index is 0.0509. The van der Waals surface area contributed by atoms with Gasteiger partial charge < -0.3 is 15.3 Å². The Labute approximate surface area is 139 Å². The maximum Gasteiger partial charge on any atom is 0.102 e. The van der Waals surface area contributed by atoms with E-state index >= 15 is 0 Å². The van der Waals surface area contributed by atoms with Gasteiger partial charge in [-0.3, -0.25) is 0 Å². The highest BCUT2D eigenvalue weighted by Gasteiger charge is 2.70. The van der Waals surface area contributed by atoms with Crippen LogP contribution in [0.1, 0.15) is 40.5 Å². The summed E-state index contributed by atoms with van der Waals surface area (Å²) in [5.41, 5.74) is 2.98. The molecule has 8 atom stereocenters. The summed E-state index contributed by atoms with van der Waals surface area (Å²) < 4.78 is 0. The minimum atomic E-state index is -0.841. The van der Waals surface area contributed by atoms with Crippen molar-refractivity contribution in [3.63, 3.8) is 0 Å². The molecule has 0 saturated heterocycles. The predicted octanol–water partition coefficient (Wildman–Crippen LogP) is 2.83. The molecule has 0 heterocycles. The maximum absolute atomic E-state index is 10.8. The van der Waals surface area contributed by atoms with Gasteiger partial charge in [-0.1, -0.05) is 36.8 Å². The smallest absolute Gasteiger partial charge is 0.102 e. The van der Waals surface area contributed by atoms with Crippen molar-refractivity contribution in [3.05, 3.63) is 35.5 Å². The van der Waals surface area contributed by atoms with Crippen molar-refractivity contribution in [3.8, 4) is 0 Å². The molecule has 3 aliphatic carbocycles. The van der Waals surface area contributed by atoms with Crippen molar-refractivity contribution in [1.82, 2.24) is 0 Å². The molecule has 3 nitrogen and oxygen atoms in total. The minimum Gasteiger partial charge on any atom is -0.392 e. The summed E-state index contributed by atoms with van der Waals surface area (Å²) in [5.74, 6) is 0.725. The van der Waals surface area contributed by atoms with Crippen LogP contribution in [0.5, 0.6) is 0 Å². The molecule has 0 spiro atoms. The molecule has 0 amide bonds. The number of hydrogen-bond donors (Lipinski definition) is 3. The molecular weight excluding hydrogens is 288 g/mol. The molecule has 2 fully saturated rings. The highest BCUT2D eigenvalue weighted by atomic mass is 16.3. The predicted molar refractivity (Wildman–Crippen MR) is 91.6 cm³/mol. The third-order valence-corrected chi connectivity index (χ3v) is 6.80. The van der Waals surface area contributed by atoms with E-state index in [1.165, 1.54) is 5.57 Å². The van der Waals surface area contributed by atoms with Gasteiger partial charge >= 0.3 is 0 Å². The summed E-state index contributed by atoms with van der Waals surface area (Å²) in [6.07, 6.45) is 3.93. The molecule has 128 valence electrons. The lowest BCUT2D eigenvalue weighted by atomic mass is 9.79. The van der Waals surface area contributed by atoms with Crippen LogP contribution >= 0.6 is 0 Å². The van der Waals surface area contributed by atoms with E-state index < -0.39 is 12.2 Å². The second kappa shape index (κ2) is 5.58. The molecular formula is C20H30O3. The van der Waals surface area contributed by atoms with Gasteiger partial charge in [-0.15, -0.1) is 0 Å². The molecule has 0 bridgehead atoms. The lowest BCUT2D eigenvalue weighted by Crippen LogP contribution is -2.29. The van der Waals surface area contributed by atoms with Crippen LogP contribution < -0.4 is 0 Å². The zero-order chi connectivity index (χ0) is 17.1. The van der Waals surface area contributed by atoms with E-state index in [2.05, 4.69) is 25.7 Å². The van der Waals surface area contributed by atoms with Crippen molar-refractivity contribution in [2.45, 2.75) is 58.8 Å². The largest absolute Gasteiger partial charge is 0.392 e. The van der Waals surface area contributed by atoms with E-state index in [4.69, 9.17) is 0 Å². The topological polar surface area (TPSA) is 60.7 Å². The normalized spacial score (nSPS) is 46.4. The number of aliphatic hydroxyl groups excluding tert-OH is 3. The standard InChI is InChI=1S/C20H30O3/c1-10(2)6-9-14(21)20(5)13-8-7-11(3)15-16(17(13)20)12(4)18(22)19(15)23/h6-7,13-19,21-23H,4,8-9H2,1-3,5H3/t13-,14?,15-,16-,17-,18-,19+,20-/m0/s1. The number of fused-ring (bicyclic) bond motifs is 3. The molecule has 0 aromatic rings. The van der Waals surface area contributed by atoms with Gasteiger partial charge in [0.2, 0.25) is 0 Å². The van der Waals surface area contributed by atoms with Crippen molar-refractivity contribution < 1.29 is 15.3 Å². The van der Waals surface area contributed by atoms with Crippen LogP contribution in [-0.2, 0) is 0 Å². The van der Waals surface area contributed by atoms with Crippen molar-refractivity contribution >= 4 is 0 Å². The summed E-state index contributed by atoms with van der Waals surface area (Å²) >= 11 is 0. The fraction of sp³-hybridized carbons (Fsp3) is 0.700. The summed E-state index contributed by atoms with van der Waals surface area (Å²) in [5, 5.41) is 31.5. The fourth-order valence-corrected chi connectivity index (χ4v) is 5.28. The Hall–Kier alpha value is -0.900. The molecule has 3 rings (SSSR count). The average Bonchev–Trinajstić information content (AvgIpc) is 3.07. The first-order chi connectivity index (χ1) is 10.7. The Kier molecular flexibility index (Phi) is 4.11. The number of aliphatic hydroxyl groups is 3. The van der Waals surface area contributed by atoms with Crippen LogP contribution in [-0.4, -0.2) is 33.6 Å². The quantitative estimate of drug-likeness (QED) is 0.701. The van der Waals surface area contributed by atoms with Gasteiger partial charge in [0.25, 0.3) is 0 Å². The van der Waals surface area contributed by atoms with E-state index in [1.807, 2.05) is 20.8 Å². The van der Waals surface area contributed by atoms with E-state index in [1.54, 1.807) is 0 Å². The SMILES string of the molecule is C=C1[C@H]2[C@H](C(C)=CC[C@H]3[C@@H]2[C@]3(C)C(O)CC=C(C)C)[C@@H](O)[C@H]1O. The number of rotatable bonds is 3. The molecule has 0 aromatic heterocycles. The van der Waals surface area contributed by atoms with Crippen LogP contribution in [0.2, 0.25) is 0 Å². The summed E-state index contributed by atoms with van der Waals surface area (Å²) in [6, 6.07) is 0. The van der Waals surface area contributed by atoms with Crippen molar-refractivity contribution in [2.75, 3.05) is 0 Å². The number of allylic oxidation sites excluding steroid dienone is 2. The molecule has 3 aliphatic rings. The van der Waals surface area contributed by atoms with Crippen LogP contribution in [0.3, 0.4) is 0 Å². The third kappa shape index (κ3) is 2.36. The first-order valence-corrected chi connectivity index (χ1v) is 8.74. The Morgan fingerprint density at radius 3 is 2.65 bits per heavy atom. The molecule has 2 saturated carbocycles. The van der Waals surface area contributed by atoms with Crippen LogP contribution in [0.4, 0.5) is 0 Å². The molecule has 23 heavy (non-hydrogen) atoms. The Balaban J connectivity index is 1.91. The molecule has 3 N–H and O–H groups in total. The Bertz CT molecular complexity index is 571. The Morgan fingerprint density at radius 2 is 2.04 bits per heavy atom. The van der Waals surface area contributed by atoms with E-state index in [0.29, 0.717) is 18.3 Å². The zero-order valence-corrected chi connectivity index (χ0v) is 14.7. The van der Waals surface area contributed by atoms with E-state index in [0.717, 1.165) is 17.6 Å². The van der Waals surface area contributed by atoms with Gasteiger partial charge in [0.1, 0.15) is 6.10 Å². The molecule has 3 heteroatoms. The van der Waals surface area contributed by atoms with Crippen LogP contribution in [0.15, 0.2) is 35.5 Å². The fourth-order valence-electron chi connectivity index (χ4n) is 5.28. The molecule has 1 unspecified atom stereocenters. The zero-order valence-electron chi connectivity index (χ0n) is 14.7. The van der Waals surface area contributed by atoms with Crippen molar-refractivity contribution in [1.29, 1.82) is 0 Å². The second-order valence-corrected chi connectivity index (χ2v) is 8.28. The van der Waals surface area contributed by atoms with Gasteiger partial charge in [0.05, 0.1) is 12.2 Å². The van der Waals surface area contributed by atoms with Gasteiger partial charge in [-0.05, 0) is 56.9 Å². The lowest BCUT2D eigenvalue weighted by Gasteiger charge is -2.27. The second-order valence-electron chi connectivity index (χ2n) is 8.28. The maximum atomic E-state index is 10.8. The first-order valence-electron chi connectivity index (χ1n) is 8.74. The van der Waals surface area contributed by atoms with Crippen LogP contribution in [0.25, 0.3) is 0 Å². The summed E-state index contributed by atoms with van der Waals surface area (Å²) in [4.78, 5) is 0. The number of hydrogen-bond acceptors (Lipinski definition) is 3. The Morgan fingerprint density at radius 1 is 1.39 bits per heavy atom. The van der Waals surface area contributed by atoms with E-state index in [9.17, 15) is 15.3 Å². The molecule has 0 aromatic carbocycles. The lowest BCUT2D eigenvalue weighted by molar-refractivity contribution is 0.0342. The molecule has 0 aliphatic heterocycles. The summed E-state index contributed by atoms with van der Waals surface area (Å²) in [7, 11) is 0. The van der Waals surface area contributed by atoms with Gasteiger partial charge in [0.15, 0.2) is 0 Å². The molecule has 0 radical (unpaired) electrons. The van der Waals surface area contributed by atoms with Gasteiger partial charge in [-0.2, -0.15) is 0 Å². The van der Waals surface area contributed by atoms with Gasteiger partial charge in [0, 0.05) is 11.3 Å². The monoisotopic (exact) mass is 318 g/mol. The van der Waals surface area contributed by atoms with Crippen molar-refractivity contribution in [2.24, 2.45) is 29.1 Å². The summed E-state index contributed by atoms with van der Waals surface area (Å²) in [6.45, 7) is 12.4.